The van der Waals surface area contributed by atoms with Gasteiger partial charge in [0.1, 0.15) is 0 Å². The molecule has 1 heterocycles. The van der Waals surface area contributed by atoms with Crippen LogP contribution in [0.1, 0.15) is 71.7 Å². The van der Waals surface area contributed by atoms with E-state index in [1.165, 1.54) is 18.3 Å². The van der Waals surface area contributed by atoms with Crippen molar-refractivity contribution in [1.82, 2.24) is 15.6 Å². The lowest BCUT2D eigenvalue weighted by atomic mass is 9.90. The number of hydrogen-bond acceptors (Lipinski definition) is 8. The molecule has 37 heavy (non-hydrogen) atoms. The molecule has 0 spiro atoms. The largest absolute Gasteiger partial charge is 0.411 e. The number of nitrogens with zero attached hydrogens (tertiary/aromatic N) is 1. The third kappa shape index (κ3) is 10.0. The van der Waals surface area contributed by atoms with Gasteiger partial charge in [-0.15, -0.1) is 11.3 Å². The van der Waals surface area contributed by atoms with Crippen molar-refractivity contribution >= 4 is 34.6 Å². The van der Waals surface area contributed by atoms with Crippen molar-refractivity contribution in [3.8, 4) is 0 Å². The first-order chi connectivity index (χ1) is 17.1. The lowest BCUT2D eigenvalue weighted by Gasteiger charge is -2.42. The molecule has 0 aliphatic heterocycles. The van der Waals surface area contributed by atoms with Gasteiger partial charge in [0.2, 0.25) is 5.91 Å². The molecule has 2 aromatic rings. The van der Waals surface area contributed by atoms with E-state index in [1.54, 1.807) is 20.8 Å². The molecule has 0 aliphatic rings. The minimum atomic E-state index is -1.80. The topological polar surface area (TPSA) is 145 Å². The van der Waals surface area contributed by atoms with Gasteiger partial charge in [0.05, 0.1) is 11.1 Å². The SMILES string of the molecule is CC(=O)Nc1nc(CCCc2ccc(CNC(OC(N)=O)(OC(=O)NC(C)(C)C)C(C)(C)C)cc2)cs1. The van der Waals surface area contributed by atoms with E-state index in [4.69, 9.17) is 15.2 Å². The van der Waals surface area contributed by atoms with Crippen molar-refractivity contribution < 1.29 is 23.9 Å². The van der Waals surface area contributed by atoms with Crippen molar-refractivity contribution in [2.75, 3.05) is 5.32 Å². The first-order valence-electron chi connectivity index (χ1n) is 12.1. The number of amides is 3. The second-order valence-corrected chi connectivity index (χ2v) is 11.8. The minimum absolute atomic E-state index is 0.129. The zero-order valence-corrected chi connectivity index (χ0v) is 23.5. The van der Waals surface area contributed by atoms with E-state index < -0.39 is 29.1 Å². The fourth-order valence-electron chi connectivity index (χ4n) is 3.41. The van der Waals surface area contributed by atoms with Gasteiger partial charge in [-0.25, -0.2) is 19.9 Å². The van der Waals surface area contributed by atoms with E-state index in [2.05, 4.69) is 20.9 Å². The normalized spacial score (nSPS) is 13.4. The Hall–Kier alpha value is -3.18. The Balaban J connectivity index is 2.02. The molecule has 1 aromatic heterocycles. The van der Waals surface area contributed by atoms with Gasteiger partial charge in [0, 0.05) is 24.4 Å². The van der Waals surface area contributed by atoms with Crippen LogP contribution in [0.5, 0.6) is 0 Å². The van der Waals surface area contributed by atoms with Gasteiger partial charge in [-0.2, -0.15) is 0 Å². The molecule has 204 valence electrons. The third-order valence-corrected chi connectivity index (χ3v) is 6.03. The molecule has 11 heteroatoms. The second kappa shape index (κ2) is 12.4. The Morgan fingerprint density at radius 2 is 1.59 bits per heavy atom. The number of alkyl carbamates (subject to hydrolysis) is 1. The Morgan fingerprint density at radius 1 is 0.973 bits per heavy atom. The maximum absolute atomic E-state index is 12.6. The molecule has 10 nitrogen and oxygen atoms in total. The van der Waals surface area contributed by atoms with E-state index in [1.807, 2.05) is 50.4 Å². The quantitative estimate of drug-likeness (QED) is 0.324. The summed E-state index contributed by atoms with van der Waals surface area (Å²) in [6.45, 7) is 12.5. The van der Waals surface area contributed by atoms with Crippen LogP contribution in [0.15, 0.2) is 29.6 Å². The van der Waals surface area contributed by atoms with Crippen LogP contribution < -0.4 is 21.7 Å². The van der Waals surface area contributed by atoms with Crippen molar-refractivity contribution in [2.45, 2.75) is 85.7 Å². The number of primary amides is 1. The predicted octanol–water partition coefficient (Wildman–Crippen LogP) is 4.69. The number of nitrogens with two attached hydrogens (primary N) is 1. The van der Waals surface area contributed by atoms with E-state index in [-0.39, 0.29) is 12.5 Å². The number of aromatic nitrogens is 1. The van der Waals surface area contributed by atoms with Gasteiger partial charge in [-0.3, -0.25) is 4.79 Å². The molecule has 3 amide bonds. The molecule has 0 saturated carbocycles. The molecule has 0 fully saturated rings. The van der Waals surface area contributed by atoms with Crippen LogP contribution in [0.4, 0.5) is 14.7 Å². The highest BCUT2D eigenvalue weighted by Crippen LogP contribution is 2.34. The number of nitrogens with one attached hydrogen (secondary N) is 3. The molecule has 1 atom stereocenters. The Morgan fingerprint density at radius 3 is 2.14 bits per heavy atom. The number of anilines is 1. The Labute approximate surface area is 222 Å². The maximum Gasteiger partial charge on any atom is 0.411 e. The summed E-state index contributed by atoms with van der Waals surface area (Å²) >= 11 is 1.42. The molecule has 0 bridgehead atoms. The highest BCUT2D eigenvalue weighted by Gasteiger charge is 2.50. The van der Waals surface area contributed by atoms with Crippen molar-refractivity contribution in [3.63, 3.8) is 0 Å². The Kier molecular flexibility index (Phi) is 10.0. The zero-order chi connectivity index (χ0) is 27.9. The minimum Gasteiger partial charge on any atom is -0.392 e. The number of ether oxygens (including phenoxy) is 2. The van der Waals surface area contributed by atoms with Gasteiger partial charge >= 0.3 is 18.1 Å². The van der Waals surface area contributed by atoms with E-state index >= 15 is 0 Å². The molecule has 0 aliphatic carbocycles. The van der Waals surface area contributed by atoms with Gasteiger partial charge in [0.25, 0.3) is 0 Å². The summed E-state index contributed by atoms with van der Waals surface area (Å²) < 4.78 is 11.0. The highest BCUT2D eigenvalue weighted by atomic mass is 32.1. The number of carbonyl (C=O) groups excluding carboxylic acids is 3. The lowest BCUT2D eigenvalue weighted by Crippen LogP contribution is -2.62. The zero-order valence-electron chi connectivity index (χ0n) is 22.7. The third-order valence-electron chi connectivity index (χ3n) is 5.23. The maximum atomic E-state index is 12.6. The standard InChI is InChI=1S/C26H39N5O5S/c1-17(32)29-22-30-20(16-37-22)10-8-9-18-11-13-19(14-12-18)15-28-26(24(2,3)4,35-21(27)33)36-23(34)31-25(5,6)7/h11-14,16,28H,8-10,15H2,1-7H3,(H2,27,33)(H,31,34)(H,29,30,32). The number of carbonyl (C=O) groups is 3. The summed E-state index contributed by atoms with van der Waals surface area (Å²) in [4.78, 5) is 39.9. The smallest absolute Gasteiger partial charge is 0.392 e. The fraction of sp³-hybridized carbons (Fsp3) is 0.538. The van der Waals surface area contributed by atoms with Gasteiger partial charge < -0.3 is 25.8 Å². The van der Waals surface area contributed by atoms with Crippen molar-refractivity contribution in [3.05, 3.63) is 46.5 Å². The van der Waals surface area contributed by atoms with Crippen molar-refractivity contribution in [1.29, 1.82) is 0 Å². The first kappa shape index (κ1) is 30.0. The molecule has 1 unspecified atom stereocenters. The molecular weight excluding hydrogens is 494 g/mol. The highest BCUT2D eigenvalue weighted by molar-refractivity contribution is 7.13. The van der Waals surface area contributed by atoms with Crippen LogP contribution in [-0.4, -0.2) is 34.5 Å². The average molecular weight is 534 g/mol. The number of aryl methyl sites for hydroxylation is 2. The molecule has 1 aromatic carbocycles. The van der Waals surface area contributed by atoms with Crippen LogP contribution in [0.2, 0.25) is 0 Å². The van der Waals surface area contributed by atoms with Crippen LogP contribution in [0, 0.1) is 5.41 Å². The molecule has 5 N–H and O–H groups in total. The summed E-state index contributed by atoms with van der Waals surface area (Å²) in [6.07, 6.45) is 0.790. The van der Waals surface area contributed by atoms with E-state index in [9.17, 15) is 14.4 Å². The fourth-order valence-corrected chi connectivity index (χ4v) is 4.20. The van der Waals surface area contributed by atoms with E-state index in [0.717, 1.165) is 36.1 Å². The first-order valence-corrected chi connectivity index (χ1v) is 13.0. The number of thiazole rings is 1. The average Bonchev–Trinajstić information content (AvgIpc) is 3.16. The predicted molar refractivity (Wildman–Crippen MR) is 144 cm³/mol. The van der Waals surface area contributed by atoms with Gasteiger partial charge in [-0.05, 0) is 51.2 Å². The van der Waals surface area contributed by atoms with Gasteiger partial charge in [-0.1, -0.05) is 45.0 Å². The number of rotatable bonds is 10. The lowest BCUT2D eigenvalue weighted by molar-refractivity contribution is -0.245. The van der Waals surface area contributed by atoms with Crippen LogP contribution in [0.25, 0.3) is 0 Å². The number of hydrogen-bond donors (Lipinski definition) is 4. The number of benzene rings is 1. The van der Waals surface area contributed by atoms with Gasteiger partial charge in [0.15, 0.2) is 5.13 Å². The molecule has 0 radical (unpaired) electrons. The second-order valence-electron chi connectivity index (χ2n) is 10.9. The summed E-state index contributed by atoms with van der Waals surface area (Å²) in [5.74, 6) is -1.92. The summed E-state index contributed by atoms with van der Waals surface area (Å²) in [6, 6.07) is 7.99. The monoisotopic (exact) mass is 533 g/mol. The molecular formula is C26H39N5O5S. The summed E-state index contributed by atoms with van der Waals surface area (Å²) in [5.41, 5.74) is 6.99. The van der Waals surface area contributed by atoms with Crippen LogP contribution in [0.3, 0.4) is 0 Å². The van der Waals surface area contributed by atoms with Crippen molar-refractivity contribution in [2.24, 2.45) is 11.1 Å². The van der Waals surface area contributed by atoms with Crippen LogP contribution in [-0.2, 0) is 33.7 Å². The van der Waals surface area contributed by atoms with E-state index in [0.29, 0.717) is 5.13 Å². The molecule has 0 saturated heterocycles. The summed E-state index contributed by atoms with van der Waals surface area (Å²) in [7, 11) is 0. The van der Waals surface area contributed by atoms with Crippen LogP contribution >= 0.6 is 11.3 Å². The Bertz CT molecular complexity index is 1070. The molecule has 2 rings (SSSR count). The summed E-state index contributed by atoms with van der Waals surface area (Å²) in [5, 5.41) is 11.1.